The Labute approximate surface area is 149 Å². The number of ether oxygens (including phenoxy) is 1. The third-order valence-corrected chi connectivity index (χ3v) is 4.09. The van der Waals surface area contributed by atoms with Crippen molar-refractivity contribution in [2.75, 3.05) is 7.11 Å². The van der Waals surface area contributed by atoms with Crippen LogP contribution in [0.15, 0.2) is 56.2 Å². The monoisotopic (exact) mass is 438 g/mol. The zero-order valence-electron chi connectivity index (χ0n) is 12.0. The van der Waals surface area contributed by atoms with E-state index in [1.165, 1.54) is 18.2 Å². The van der Waals surface area contributed by atoms with Gasteiger partial charge in [-0.3, -0.25) is 9.59 Å². The molecule has 0 saturated heterocycles. The summed E-state index contributed by atoms with van der Waals surface area (Å²) in [5, 5.41) is 9.96. The Balaban J connectivity index is 2.36. The standard InChI is InChI=1S/C17H12Br2O4/c1-23-12-5-2-10(3-6-12)4-7-15(20)13-8-11(18)9-14(19)17(22)16(13)21/h2-9H,1H3,(H,21,22)/b7-4-. The maximum Gasteiger partial charge on any atom is 0.235 e. The van der Waals surface area contributed by atoms with Gasteiger partial charge >= 0.3 is 0 Å². The molecule has 0 aromatic heterocycles. The number of hydrogen-bond acceptors (Lipinski definition) is 4. The molecule has 0 spiro atoms. The van der Waals surface area contributed by atoms with Crippen molar-refractivity contribution < 1.29 is 14.6 Å². The molecule has 0 radical (unpaired) electrons. The molecule has 0 unspecified atom stereocenters. The Morgan fingerprint density at radius 1 is 1.17 bits per heavy atom. The van der Waals surface area contributed by atoms with Crippen LogP contribution in [0.25, 0.3) is 6.08 Å². The minimum absolute atomic E-state index is 0.0719. The quantitative estimate of drug-likeness (QED) is 0.573. The number of hydrogen-bond donors (Lipinski definition) is 1. The van der Waals surface area contributed by atoms with Crippen molar-refractivity contribution in [3.63, 3.8) is 0 Å². The smallest absolute Gasteiger partial charge is 0.235 e. The second-order valence-corrected chi connectivity index (χ2v) is 6.35. The molecule has 0 bridgehead atoms. The highest BCUT2D eigenvalue weighted by Gasteiger charge is 2.13. The van der Waals surface area contributed by atoms with E-state index in [0.717, 1.165) is 5.56 Å². The zero-order chi connectivity index (χ0) is 17.0. The number of aromatic hydroxyl groups is 1. The summed E-state index contributed by atoms with van der Waals surface area (Å²) in [4.78, 5) is 24.2. The van der Waals surface area contributed by atoms with Crippen LogP contribution in [-0.4, -0.2) is 18.0 Å². The predicted octanol–water partition coefficient (Wildman–Crippen LogP) is 4.18. The molecule has 0 heterocycles. The van der Waals surface area contributed by atoms with Gasteiger partial charge in [0.05, 0.1) is 17.1 Å². The summed E-state index contributed by atoms with van der Waals surface area (Å²) in [5.74, 6) is -0.350. The molecule has 0 amide bonds. The lowest BCUT2D eigenvalue weighted by Crippen LogP contribution is -2.03. The highest BCUT2D eigenvalue weighted by Crippen LogP contribution is 2.22. The van der Waals surface area contributed by atoms with Crippen LogP contribution in [-0.2, 0) is 0 Å². The maximum absolute atomic E-state index is 12.3. The number of ketones is 1. The maximum atomic E-state index is 12.3. The van der Waals surface area contributed by atoms with Gasteiger partial charge in [0, 0.05) is 4.47 Å². The average molecular weight is 440 g/mol. The molecule has 1 N–H and O–H groups in total. The normalized spacial score (nSPS) is 10.7. The van der Waals surface area contributed by atoms with Crippen molar-refractivity contribution in [1.82, 2.24) is 0 Å². The number of rotatable bonds is 4. The lowest BCUT2D eigenvalue weighted by Gasteiger charge is -1.99. The number of halogens is 2. The van der Waals surface area contributed by atoms with Crippen LogP contribution < -0.4 is 10.2 Å². The Kier molecular flexibility index (Phi) is 5.74. The fraction of sp³-hybridized carbons (Fsp3) is 0.0588. The van der Waals surface area contributed by atoms with Gasteiger partial charge in [0.2, 0.25) is 5.43 Å². The molecule has 118 valence electrons. The second kappa shape index (κ2) is 7.57. The molecule has 23 heavy (non-hydrogen) atoms. The van der Waals surface area contributed by atoms with Crippen molar-refractivity contribution in [3.8, 4) is 11.5 Å². The molecule has 2 aromatic carbocycles. The summed E-state index contributed by atoms with van der Waals surface area (Å²) in [5.41, 5.74) is 0.0794. The van der Waals surface area contributed by atoms with Crippen LogP contribution in [0.3, 0.4) is 0 Å². The van der Waals surface area contributed by atoms with E-state index in [0.29, 0.717) is 10.2 Å². The summed E-state index contributed by atoms with van der Waals surface area (Å²) < 4.78 is 5.73. The van der Waals surface area contributed by atoms with Gasteiger partial charge in [0.15, 0.2) is 11.5 Å². The van der Waals surface area contributed by atoms with Crippen LogP contribution in [0.2, 0.25) is 0 Å². The molecule has 0 fully saturated rings. The van der Waals surface area contributed by atoms with E-state index in [-0.39, 0.29) is 10.0 Å². The largest absolute Gasteiger partial charge is 0.504 e. The van der Waals surface area contributed by atoms with Crippen LogP contribution in [0.1, 0.15) is 15.9 Å². The summed E-state index contributed by atoms with van der Waals surface area (Å²) >= 11 is 6.28. The molecule has 0 aliphatic heterocycles. The predicted molar refractivity (Wildman–Crippen MR) is 96.1 cm³/mol. The van der Waals surface area contributed by atoms with Gasteiger partial charge in [0.25, 0.3) is 0 Å². The molecule has 0 saturated carbocycles. The van der Waals surface area contributed by atoms with E-state index in [2.05, 4.69) is 31.9 Å². The number of carbonyl (C=O) groups excluding carboxylic acids is 1. The van der Waals surface area contributed by atoms with Crippen LogP contribution in [0, 0.1) is 0 Å². The van der Waals surface area contributed by atoms with Crippen molar-refractivity contribution in [2.45, 2.75) is 0 Å². The van der Waals surface area contributed by atoms with E-state index in [4.69, 9.17) is 4.74 Å². The van der Waals surface area contributed by atoms with Gasteiger partial charge < -0.3 is 9.84 Å². The van der Waals surface area contributed by atoms with Crippen LogP contribution in [0.5, 0.6) is 11.5 Å². The first kappa shape index (κ1) is 17.4. The summed E-state index contributed by atoms with van der Waals surface area (Å²) in [6.07, 6.45) is 2.90. The topological polar surface area (TPSA) is 63.6 Å². The first-order chi connectivity index (χ1) is 10.9. The average Bonchev–Trinajstić information content (AvgIpc) is 2.65. The fourth-order valence-electron chi connectivity index (χ4n) is 1.83. The molecule has 4 nitrogen and oxygen atoms in total. The van der Waals surface area contributed by atoms with E-state index >= 15 is 0 Å². The number of methoxy groups -OCH3 is 1. The highest BCUT2D eigenvalue weighted by molar-refractivity contribution is 9.11. The molecule has 2 aromatic rings. The van der Waals surface area contributed by atoms with Gasteiger partial charge in [-0.2, -0.15) is 0 Å². The SMILES string of the molecule is COc1ccc(/C=C\C(=O)c2cc(Br)cc(Br)c(=O)c2O)cc1. The number of allylic oxidation sites excluding steroid dienone is 1. The van der Waals surface area contributed by atoms with E-state index in [1.54, 1.807) is 37.5 Å². The Hall–Kier alpha value is -1.92. The van der Waals surface area contributed by atoms with Gasteiger partial charge in [0.1, 0.15) is 5.75 Å². The van der Waals surface area contributed by atoms with E-state index in [1.807, 2.05) is 0 Å². The van der Waals surface area contributed by atoms with Gasteiger partial charge in [-0.15, -0.1) is 0 Å². The highest BCUT2D eigenvalue weighted by atomic mass is 79.9. The Bertz CT molecular complexity index is 827. The molecule has 0 aliphatic carbocycles. The van der Waals surface area contributed by atoms with Crippen molar-refractivity contribution >= 4 is 43.7 Å². The van der Waals surface area contributed by atoms with Crippen molar-refractivity contribution in [2.24, 2.45) is 0 Å². The molecular weight excluding hydrogens is 428 g/mol. The third kappa shape index (κ3) is 4.30. The Morgan fingerprint density at radius 2 is 1.83 bits per heavy atom. The van der Waals surface area contributed by atoms with Gasteiger partial charge in [-0.05, 0) is 51.8 Å². The lowest BCUT2D eigenvalue weighted by molar-refractivity contribution is 0.104. The lowest BCUT2D eigenvalue weighted by atomic mass is 10.1. The molecule has 0 aliphatic rings. The van der Waals surface area contributed by atoms with Crippen molar-refractivity contribution in [1.29, 1.82) is 0 Å². The van der Waals surface area contributed by atoms with E-state index < -0.39 is 17.0 Å². The van der Waals surface area contributed by atoms with Gasteiger partial charge in [-0.1, -0.05) is 34.1 Å². The summed E-state index contributed by atoms with van der Waals surface area (Å²) in [7, 11) is 1.57. The second-order valence-electron chi connectivity index (χ2n) is 4.58. The van der Waals surface area contributed by atoms with Gasteiger partial charge in [-0.25, -0.2) is 0 Å². The molecule has 2 rings (SSSR count). The first-order valence-electron chi connectivity index (χ1n) is 6.51. The fourth-order valence-corrected chi connectivity index (χ4v) is 3.03. The minimum atomic E-state index is -0.642. The molecule has 6 heteroatoms. The molecular formula is C17H12Br2O4. The Morgan fingerprint density at radius 3 is 2.43 bits per heavy atom. The minimum Gasteiger partial charge on any atom is -0.504 e. The van der Waals surface area contributed by atoms with Crippen LogP contribution in [0.4, 0.5) is 0 Å². The number of benzene rings is 1. The summed E-state index contributed by atoms with van der Waals surface area (Å²) in [6.45, 7) is 0. The first-order valence-corrected chi connectivity index (χ1v) is 8.09. The number of carbonyl (C=O) groups is 1. The molecule has 0 atom stereocenters. The van der Waals surface area contributed by atoms with Crippen LogP contribution >= 0.6 is 31.9 Å². The zero-order valence-corrected chi connectivity index (χ0v) is 15.2. The van der Waals surface area contributed by atoms with Crippen molar-refractivity contribution in [3.05, 3.63) is 72.8 Å². The summed E-state index contributed by atoms with van der Waals surface area (Å²) in [6, 6.07) is 10.0. The third-order valence-electron chi connectivity index (χ3n) is 3.04. The van der Waals surface area contributed by atoms with E-state index in [9.17, 15) is 14.7 Å².